The molecule has 4 rings (SSSR count). The van der Waals surface area contributed by atoms with Gasteiger partial charge in [0.05, 0.1) is 5.69 Å². The lowest BCUT2D eigenvalue weighted by molar-refractivity contribution is -0.118. The number of hydrogen-bond donors (Lipinski definition) is 1. The minimum Gasteiger partial charge on any atom is -0.483 e. The Morgan fingerprint density at radius 1 is 0.968 bits per heavy atom. The molecule has 7 nitrogen and oxygen atoms in total. The fourth-order valence-corrected chi connectivity index (χ4v) is 3.47. The summed E-state index contributed by atoms with van der Waals surface area (Å²) in [6, 6.07) is 19.2. The van der Waals surface area contributed by atoms with Crippen molar-refractivity contribution in [3.8, 4) is 17.0 Å². The number of likely N-dealkylation sites (N-methyl/N-ethyl adjacent to an activating group) is 1. The molecule has 0 atom stereocenters. The van der Waals surface area contributed by atoms with Crippen LogP contribution in [0.15, 0.2) is 60.7 Å². The summed E-state index contributed by atoms with van der Waals surface area (Å²) in [6.45, 7) is 5.91. The van der Waals surface area contributed by atoms with Crippen molar-refractivity contribution >= 4 is 17.4 Å². The molecular weight excluding hydrogens is 390 g/mol. The van der Waals surface area contributed by atoms with Crippen LogP contribution < -0.4 is 15.0 Å². The summed E-state index contributed by atoms with van der Waals surface area (Å²) in [7, 11) is 2.13. The van der Waals surface area contributed by atoms with Crippen molar-refractivity contribution in [2.75, 3.05) is 50.1 Å². The van der Waals surface area contributed by atoms with E-state index in [1.807, 2.05) is 67.6 Å². The van der Waals surface area contributed by atoms with Crippen LogP contribution in [0.5, 0.6) is 5.75 Å². The first-order chi connectivity index (χ1) is 15.1. The second-order valence-electron chi connectivity index (χ2n) is 7.75. The molecular formula is C24H27N5O2. The molecule has 2 heterocycles. The molecule has 0 spiro atoms. The molecule has 0 unspecified atom stereocenters. The van der Waals surface area contributed by atoms with E-state index in [2.05, 4.69) is 32.4 Å². The van der Waals surface area contributed by atoms with E-state index >= 15 is 0 Å². The molecule has 1 fully saturated rings. The number of rotatable bonds is 6. The highest BCUT2D eigenvalue weighted by Gasteiger charge is 2.15. The van der Waals surface area contributed by atoms with E-state index in [1.54, 1.807) is 0 Å². The number of hydrogen-bond acceptors (Lipinski definition) is 6. The number of nitrogens with one attached hydrogen (secondary N) is 1. The number of ether oxygens (including phenoxy) is 1. The van der Waals surface area contributed by atoms with Crippen molar-refractivity contribution < 1.29 is 9.53 Å². The Balaban J connectivity index is 1.32. The van der Waals surface area contributed by atoms with E-state index in [9.17, 15) is 4.79 Å². The molecule has 1 N–H and O–H groups in total. The zero-order valence-corrected chi connectivity index (χ0v) is 17.9. The first kappa shape index (κ1) is 20.8. The average Bonchev–Trinajstić information content (AvgIpc) is 2.80. The third kappa shape index (κ3) is 5.38. The number of benzene rings is 2. The Bertz CT molecular complexity index is 1010. The highest BCUT2D eigenvalue weighted by molar-refractivity contribution is 5.92. The smallest absolute Gasteiger partial charge is 0.262 e. The monoisotopic (exact) mass is 417 g/mol. The number of para-hydroxylation sites is 1. The largest absolute Gasteiger partial charge is 0.483 e. The molecule has 0 radical (unpaired) electrons. The number of amides is 1. The van der Waals surface area contributed by atoms with Crippen LogP contribution in [0.3, 0.4) is 0 Å². The van der Waals surface area contributed by atoms with Gasteiger partial charge in [0.15, 0.2) is 12.4 Å². The lowest BCUT2D eigenvalue weighted by Crippen LogP contribution is -2.44. The van der Waals surface area contributed by atoms with Crippen LogP contribution >= 0.6 is 0 Å². The highest BCUT2D eigenvalue weighted by Crippen LogP contribution is 2.21. The van der Waals surface area contributed by atoms with Crippen LogP contribution in [0.4, 0.5) is 11.5 Å². The summed E-state index contributed by atoms with van der Waals surface area (Å²) in [5.74, 6) is 1.42. The summed E-state index contributed by atoms with van der Waals surface area (Å²) in [6.07, 6.45) is 0. The highest BCUT2D eigenvalue weighted by atomic mass is 16.5. The number of anilines is 2. The van der Waals surface area contributed by atoms with Gasteiger partial charge in [-0.25, -0.2) is 0 Å². The molecule has 1 amide bonds. The lowest BCUT2D eigenvalue weighted by atomic mass is 10.1. The van der Waals surface area contributed by atoms with Gasteiger partial charge in [-0.15, -0.1) is 10.2 Å². The predicted octanol–water partition coefficient (Wildman–Crippen LogP) is 3.22. The molecule has 1 aromatic heterocycles. The van der Waals surface area contributed by atoms with Crippen LogP contribution in [-0.4, -0.2) is 60.8 Å². The summed E-state index contributed by atoms with van der Waals surface area (Å²) < 4.78 is 5.59. The second-order valence-corrected chi connectivity index (χ2v) is 7.75. The molecule has 31 heavy (non-hydrogen) atoms. The van der Waals surface area contributed by atoms with Gasteiger partial charge in [-0.2, -0.15) is 0 Å². The van der Waals surface area contributed by atoms with E-state index in [0.29, 0.717) is 11.4 Å². The minimum absolute atomic E-state index is 0.0359. The Hall–Kier alpha value is -3.45. The minimum atomic E-state index is -0.202. The van der Waals surface area contributed by atoms with Gasteiger partial charge < -0.3 is 19.9 Å². The SMILES string of the molecule is Cc1ccccc1OCC(=O)Nc1ccc(-c2ccc(N3CCN(C)CC3)nn2)cc1. The molecule has 1 aliphatic rings. The summed E-state index contributed by atoms with van der Waals surface area (Å²) in [5, 5.41) is 11.7. The Morgan fingerprint density at radius 3 is 2.39 bits per heavy atom. The van der Waals surface area contributed by atoms with Gasteiger partial charge in [0.25, 0.3) is 5.91 Å². The number of carbonyl (C=O) groups is 1. The Labute approximate surface area is 182 Å². The third-order valence-electron chi connectivity index (χ3n) is 5.39. The quantitative estimate of drug-likeness (QED) is 0.664. The molecule has 3 aromatic rings. The summed E-state index contributed by atoms with van der Waals surface area (Å²) in [5.41, 5.74) is 3.47. The van der Waals surface area contributed by atoms with Crippen molar-refractivity contribution in [2.24, 2.45) is 0 Å². The predicted molar refractivity (Wildman–Crippen MR) is 122 cm³/mol. The first-order valence-electron chi connectivity index (χ1n) is 10.4. The normalized spacial score (nSPS) is 14.3. The number of piperazine rings is 1. The maximum absolute atomic E-state index is 12.2. The van der Waals surface area contributed by atoms with E-state index in [-0.39, 0.29) is 12.5 Å². The fourth-order valence-electron chi connectivity index (χ4n) is 3.47. The van der Waals surface area contributed by atoms with Crippen molar-refractivity contribution in [1.82, 2.24) is 15.1 Å². The van der Waals surface area contributed by atoms with Crippen molar-refractivity contribution in [2.45, 2.75) is 6.92 Å². The van der Waals surface area contributed by atoms with Crippen LogP contribution in [0.1, 0.15) is 5.56 Å². The molecule has 160 valence electrons. The van der Waals surface area contributed by atoms with E-state index < -0.39 is 0 Å². The van der Waals surface area contributed by atoms with E-state index in [4.69, 9.17) is 4.74 Å². The van der Waals surface area contributed by atoms with Crippen LogP contribution in [0, 0.1) is 6.92 Å². The zero-order chi connectivity index (χ0) is 21.6. The number of carbonyl (C=O) groups excluding carboxylic acids is 1. The van der Waals surface area contributed by atoms with E-state index in [1.165, 1.54) is 0 Å². The lowest BCUT2D eigenvalue weighted by Gasteiger charge is -2.32. The maximum atomic E-state index is 12.2. The second kappa shape index (κ2) is 9.57. The number of nitrogens with zero attached hydrogens (tertiary/aromatic N) is 4. The van der Waals surface area contributed by atoms with Gasteiger partial charge in [-0.3, -0.25) is 4.79 Å². The summed E-state index contributed by atoms with van der Waals surface area (Å²) >= 11 is 0. The van der Waals surface area contributed by atoms with Gasteiger partial charge >= 0.3 is 0 Å². The molecule has 7 heteroatoms. The van der Waals surface area contributed by atoms with Crippen molar-refractivity contribution in [3.63, 3.8) is 0 Å². The summed E-state index contributed by atoms with van der Waals surface area (Å²) in [4.78, 5) is 16.8. The van der Waals surface area contributed by atoms with Gasteiger partial charge in [-0.05, 0) is 49.9 Å². The fraction of sp³-hybridized carbons (Fsp3) is 0.292. The maximum Gasteiger partial charge on any atom is 0.262 e. The molecule has 0 aliphatic carbocycles. The molecule has 2 aromatic carbocycles. The molecule has 1 aliphatic heterocycles. The number of aryl methyl sites for hydroxylation is 1. The first-order valence-corrected chi connectivity index (χ1v) is 10.4. The molecule has 0 saturated carbocycles. The standard InChI is InChI=1S/C24H27N5O2/c1-18-5-3-4-6-22(18)31-17-24(30)25-20-9-7-19(8-10-20)21-11-12-23(27-26-21)29-15-13-28(2)14-16-29/h3-12H,13-17H2,1-2H3,(H,25,30). The van der Waals surface area contributed by atoms with Gasteiger partial charge in [0, 0.05) is 37.4 Å². The van der Waals surface area contributed by atoms with Gasteiger partial charge in [0.2, 0.25) is 0 Å². The Kier molecular flexibility index (Phi) is 6.43. The molecule has 0 bridgehead atoms. The average molecular weight is 418 g/mol. The van der Waals surface area contributed by atoms with Gasteiger partial charge in [-0.1, -0.05) is 30.3 Å². The van der Waals surface area contributed by atoms with Crippen molar-refractivity contribution in [3.05, 3.63) is 66.2 Å². The van der Waals surface area contributed by atoms with Crippen LogP contribution in [0.25, 0.3) is 11.3 Å². The van der Waals surface area contributed by atoms with Crippen LogP contribution in [0.2, 0.25) is 0 Å². The van der Waals surface area contributed by atoms with Gasteiger partial charge in [0.1, 0.15) is 5.75 Å². The third-order valence-corrected chi connectivity index (χ3v) is 5.39. The number of aromatic nitrogens is 2. The van der Waals surface area contributed by atoms with E-state index in [0.717, 1.165) is 48.8 Å². The topological polar surface area (TPSA) is 70.6 Å². The zero-order valence-electron chi connectivity index (χ0n) is 17.9. The van der Waals surface area contributed by atoms with Crippen molar-refractivity contribution in [1.29, 1.82) is 0 Å². The Morgan fingerprint density at radius 2 is 1.71 bits per heavy atom. The van der Waals surface area contributed by atoms with Crippen LogP contribution in [-0.2, 0) is 4.79 Å². The molecule has 1 saturated heterocycles.